The summed E-state index contributed by atoms with van der Waals surface area (Å²) in [6.07, 6.45) is 5.04. The number of rotatable bonds is 14. The first-order valence-corrected chi connectivity index (χ1v) is 12.9. The van der Waals surface area contributed by atoms with Crippen LogP contribution in [0.2, 0.25) is 0 Å². The molecule has 0 aromatic heterocycles. The van der Waals surface area contributed by atoms with E-state index < -0.39 is 11.2 Å². The molecule has 0 rings (SSSR count). The number of halogens is 2. The maximum atomic E-state index is 11.6. The van der Waals surface area contributed by atoms with Gasteiger partial charge in [-0.25, -0.2) is 9.59 Å². The van der Waals surface area contributed by atoms with Gasteiger partial charge in [-0.05, 0) is 67.2 Å². The van der Waals surface area contributed by atoms with Gasteiger partial charge in [0.05, 0.1) is 13.2 Å². The Hall–Kier alpha value is -0.540. The van der Waals surface area contributed by atoms with Crippen LogP contribution in [0.5, 0.6) is 0 Å². The highest BCUT2D eigenvalue weighted by Gasteiger charge is 2.16. The van der Waals surface area contributed by atoms with Crippen LogP contribution in [0.1, 0.15) is 80.1 Å². The minimum absolute atomic E-state index is 0.298. The highest BCUT2D eigenvalue weighted by molar-refractivity contribution is 9.09. The van der Waals surface area contributed by atoms with E-state index in [1.54, 1.807) is 0 Å². The number of alkyl halides is 2. The minimum atomic E-state index is -0.466. The molecule has 0 bridgehead atoms. The molecule has 184 valence electrons. The largest absolute Gasteiger partial charge is 0.444 e. The summed E-state index contributed by atoms with van der Waals surface area (Å²) < 4.78 is 16.2. The summed E-state index contributed by atoms with van der Waals surface area (Å²) in [6, 6.07) is 0. The molecule has 0 saturated carbocycles. The molecule has 0 aliphatic rings. The van der Waals surface area contributed by atoms with Crippen molar-refractivity contribution in [2.45, 2.75) is 101 Å². The average molecular weight is 574 g/mol. The number of hydrogen-bond acceptors (Lipinski definition) is 5. The van der Waals surface area contributed by atoms with Crippen molar-refractivity contribution < 1.29 is 23.8 Å². The summed E-state index contributed by atoms with van der Waals surface area (Å²) >= 11 is 7.30. The Balaban J connectivity index is 3.59. The maximum Gasteiger partial charge on any atom is 0.407 e. The number of carbonyl (C=O) groups is 2. The molecule has 2 atom stereocenters. The van der Waals surface area contributed by atoms with Crippen LogP contribution in [-0.4, -0.2) is 59.3 Å². The molecule has 0 aromatic rings. The topological polar surface area (TPSA) is 85.9 Å². The number of ether oxygens (including phenoxy) is 3. The maximum absolute atomic E-state index is 11.6. The molecule has 2 unspecified atom stereocenters. The number of unbranched alkanes of at least 4 members (excludes halogenated alkanes) is 2. The summed E-state index contributed by atoms with van der Waals surface area (Å²) in [4.78, 5) is 23.7. The zero-order chi connectivity index (χ0) is 23.9. The SMILES string of the molecule is CC(C)(C)OC(=O)NCCCCC(Br)COCC(Br)CCCCNC(=O)OC(C)(C)C. The van der Waals surface area contributed by atoms with Crippen molar-refractivity contribution in [1.29, 1.82) is 0 Å². The molecule has 0 aliphatic carbocycles. The third kappa shape index (κ3) is 22.4. The van der Waals surface area contributed by atoms with Gasteiger partial charge in [-0.15, -0.1) is 0 Å². The summed E-state index contributed by atoms with van der Waals surface area (Å²) in [5.41, 5.74) is -0.931. The molecule has 0 aliphatic heterocycles. The van der Waals surface area contributed by atoms with Crippen LogP contribution in [0.3, 0.4) is 0 Å². The first-order chi connectivity index (χ1) is 14.3. The van der Waals surface area contributed by atoms with Crippen molar-refractivity contribution in [2.75, 3.05) is 26.3 Å². The number of nitrogens with one attached hydrogen (secondary N) is 2. The second-order valence-electron chi connectivity index (χ2n) is 9.58. The monoisotopic (exact) mass is 572 g/mol. The van der Waals surface area contributed by atoms with Gasteiger partial charge in [0, 0.05) is 22.7 Å². The lowest BCUT2D eigenvalue weighted by atomic mass is 10.2. The van der Waals surface area contributed by atoms with Gasteiger partial charge < -0.3 is 24.8 Å². The Bertz CT molecular complexity index is 463. The molecule has 0 radical (unpaired) electrons. The van der Waals surface area contributed by atoms with E-state index in [1.165, 1.54) is 0 Å². The van der Waals surface area contributed by atoms with Gasteiger partial charge in [0.1, 0.15) is 11.2 Å². The van der Waals surface area contributed by atoms with Crippen molar-refractivity contribution >= 4 is 44.0 Å². The fourth-order valence-electron chi connectivity index (χ4n) is 2.48. The van der Waals surface area contributed by atoms with Gasteiger partial charge >= 0.3 is 12.2 Å². The molecule has 0 aromatic carbocycles. The third-order valence-corrected chi connectivity index (χ3v) is 5.27. The Labute approximate surface area is 205 Å². The first kappa shape index (κ1) is 30.5. The summed E-state index contributed by atoms with van der Waals surface area (Å²) in [5, 5.41) is 5.54. The number of carbonyl (C=O) groups excluding carboxylic acids is 2. The standard InChI is InChI=1S/C22H42Br2N2O5/c1-21(2,3)30-19(27)25-13-9-7-11-17(23)15-29-16-18(24)12-8-10-14-26-20(28)31-22(4,5)6/h17-18H,7-16H2,1-6H3,(H,25,27)(H,26,28). The predicted molar refractivity (Wildman–Crippen MR) is 132 cm³/mol. The Morgan fingerprint density at radius 3 is 1.39 bits per heavy atom. The van der Waals surface area contributed by atoms with Gasteiger partial charge in [0.2, 0.25) is 0 Å². The normalized spacial score (nSPS) is 13.9. The first-order valence-electron chi connectivity index (χ1n) is 11.1. The smallest absolute Gasteiger partial charge is 0.407 e. The highest BCUT2D eigenvalue weighted by atomic mass is 79.9. The van der Waals surface area contributed by atoms with Gasteiger partial charge in [-0.2, -0.15) is 0 Å². The lowest BCUT2D eigenvalue weighted by Gasteiger charge is -2.19. The Kier molecular flexibility index (Phi) is 15.9. The molecule has 0 saturated heterocycles. The second-order valence-corrected chi connectivity index (χ2v) is 12.2. The van der Waals surface area contributed by atoms with Crippen LogP contribution >= 0.6 is 31.9 Å². The van der Waals surface area contributed by atoms with Gasteiger partial charge in [0.25, 0.3) is 0 Å². The molecule has 2 N–H and O–H groups in total. The van der Waals surface area contributed by atoms with Crippen molar-refractivity contribution in [3.63, 3.8) is 0 Å². The number of alkyl carbamates (subject to hydrolysis) is 2. The van der Waals surface area contributed by atoms with Gasteiger partial charge in [-0.1, -0.05) is 44.7 Å². The van der Waals surface area contributed by atoms with Crippen molar-refractivity contribution in [3.05, 3.63) is 0 Å². The second kappa shape index (κ2) is 16.1. The van der Waals surface area contributed by atoms with E-state index in [2.05, 4.69) is 42.5 Å². The molecule has 2 amide bonds. The minimum Gasteiger partial charge on any atom is -0.444 e. The zero-order valence-electron chi connectivity index (χ0n) is 20.0. The molecule has 9 heteroatoms. The predicted octanol–water partition coefficient (Wildman–Crippen LogP) is 5.92. The molecule has 0 heterocycles. The lowest BCUT2D eigenvalue weighted by Crippen LogP contribution is -2.33. The Morgan fingerprint density at radius 2 is 1.06 bits per heavy atom. The van der Waals surface area contributed by atoms with Crippen molar-refractivity contribution in [3.8, 4) is 0 Å². The van der Waals surface area contributed by atoms with Gasteiger partial charge in [-0.3, -0.25) is 0 Å². The van der Waals surface area contributed by atoms with E-state index in [0.29, 0.717) is 36.0 Å². The van der Waals surface area contributed by atoms with E-state index >= 15 is 0 Å². The van der Waals surface area contributed by atoms with E-state index in [-0.39, 0.29) is 12.2 Å². The number of hydrogen-bond donors (Lipinski definition) is 2. The van der Waals surface area contributed by atoms with Crippen LogP contribution in [0, 0.1) is 0 Å². The van der Waals surface area contributed by atoms with Crippen molar-refractivity contribution in [2.24, 2.45) is 0 Å². The average Bonchev–Trinajstić information content (AvgIpc) is 2.58. The highest BCUT2D eigenvalue weighted by Crippen LogP contribution is 2.14. The molecule has 0 fully saturated rings. The van der Waals surface area contributed by atoms with Crippen molar-refractivity contribution in [1.82, 2.24) is 10.6 Å². The van der Waals surface area contributed by atoms with E-state index in [1.807, 2.05) is 41.5 Å². The van der Waals surface area contributed by atoms with Gasteiger partial charge in [0.15, 0.2) is 0 Å². The molecule has 0 spiro atoms. The molecule has 7 nitrogen and oxygen atoms in total. The number of amides is 2. The van der Waals surface area contributed by atoms with Crippen LogP contribution in [0.15, 0.2) is 0 Å². The zero-order valence-corrected chi connectivity index (χ0v) is 23.2. The van der Waals surface area contributed by atoms with Crippen LogP contribution in [0.4, 0.5) is 9.59 Å². The van der Waals surface area contributed by atoms with E-state index in [9.17, 15) is 9.59 Å². The van der Waals surface area contributed by atoms with E-state index in [4.69, 9.17) is 14.2 Å². The third-order valence-electron chi connectivity index (χ3n) is 3.82. The fraction of sp³-hybridized carbons (Fsp3) is 0.909. The van der Waals surface area contributed by atoms with Crippen LogP contribution in [-0.2, 0) is 14.2 Å². The van der Waals surface area contributed by atoms with E-state index in [0.717, 1.165) is 38.5 Å². The Morgan fingerprint density at radius 1 is 0.710 bits per heavy atom. The molecular weight excluding hydrogens is 532 g/mol. The summed E-state index contributed by atoms with van der Waals surface area (Å²) in [6.45, 7) is 13.6. The fourth-order valence-corrected chi connectivity index (χ4v) is 3.50. The van der Waals surface area contributed by atoms with Crippen LogP contribution in [0.25, 0.3) is 0 Å². The molecule has 31 heavy (non-hydrogen) atoms. The quantitative estimate of drug-likeness (QED) is 0.199. The summed E-state index contributed by atoms with van der Waals surface area (Å²) in [7, 11) is 0. The lowest BCUT2D eigenvalue weighted by molar-refractivity contribution is 0.0515. The van der Waals surface area contributed by atoms with Crippen LogP contribution < -0.4 is 10.6 Å². The summed E-state index contributed by atoms with van der Waals surface area (Å²) in [5.74, 6) is 0. The molecular formula is C22H42Br2N2O5.